The van der Waals surface area contributed by atoms with E-state index < -0.39 is 5.97 Å². The molecule has 0 aromatic carbocycles. The molecule has 0 aliphatic carbocycles. The Labute approximate surface area is 87.5 Å². The van der Waals surface area contributed by atoms with Gasteiger partial charge in [0.15, 0.2) is 0 Å². The van der Waals surface area contributed by atoms with Crippen molar-refractivity contribution in [2.24, 2.45) is 0 Å². The molecule has 0 heterocycles. The first-order valence-corrected chi connectivity index (χ1v) is 5.32. The molecule has 1 unspecified atom stereocenters. The Bertz CT molecular complexity index is 137. The zero-order valence-corrected chi connectivity index (χ0v) is 8.86. The summed E-state index contributed by atoms with van der Waals surface area (Å²) in [6.07, 6.45) is 3.99. The van der Waals surface area contributed by atoms with Gasteiger partial charge in [-0.15, -0.1) is 0 Å². The van der Waals surface area contributed by atoms with Crippen molar-refractivity contribution in [3.63, 3.8) is 0 Å². The fraction of sp³-hybridized carbons (Fsp3) is 0.875. The number of aliphatic carboxylic acids is 1. The lowest BCUT2D eigenvalue weighted by atomic mass is 10.1. The van der Waals surface area contributed by atoms with Crippen LogP contribution in [-0.4, -0.2) is 22.1 Å². The van der Waals surface area contributed by atoms with Gasteiger partial charge in [0.2, 0.25) is 0 Å². The molecule has 0 saturated heterocycles. The van der Waals surface area contributed by atoms with Crippen molar-refractivity contribution in [2.75, 3.05) is 5.75 Å². The molecule has 4 heteroatoms. The summed E-state index contributed by atoms with van der Waals surface area (Å²) in [4.78, 5) is 10.1. The van der Waals surface area contributed by atoms with E-state index in [0.29, 0.717) is 5.25 Å². The van der Waals surface area contributed by atoms with Gasteiger partial charge in [-0.05, 0) is 25.0 Å². The third-order valence-corrected chi connectivity index (χ3v) is 2.41. The first kappa shape index (κ1) is 12.2. The van der Waals surface area contributed by atoms with Crippen LogP contribution in [-0.2, 0) is 4.79 Å². The van der Waals surface area contributed by atoms with Crippen LogP contribution in [0.3, 0.4) is 0 Å². The second kappa shape index (κ2) is 7.80. The minimum atomic E-state index is -0.708. The smallest absolute Gasteiger partial charge is 0.303 e. The van der Waals surface area contributed by atoms with Crippen molar-refractivity contribution in [1.82, 2.24) is 0 Å². The van der Waals surface area contributed by atoms with Gasteiger partial charge in [-0.25, -0.2) is 0 Å². The zero-order chi connectivity index (χ0) is 9.40. The van der Waals surface area contributed by atoms with E-state index in [2.05, 4.69) is 25.3 Å². The Morgan fingerprint density at radius 2 is 2.08 bits per heavy atom. The molecule has 0 aromatic rings. The molecule has 1 atom stereocenters. The second-order valence-corrected chi connectivity index (χ2v) is 3.98. The lowest BCUT2D eigenvalue weighted by Crippen LogP contribution is -2.00. The second-order valence-electron chi connectivity index (χ2n) is 2.81. The van der Waals surface area contributed by atoms with E-state index in [4.69, 9.17) is 5.11 Å². The lowest BCUT2D eigenvalue weighted by Gasteiger charge is -2.06. The maximum Gasteiger partial charge on any atom is 0.303 e. The predicted octanol–water partition coefficient (Wildman–Crippen LogP) is 2.74. The predicted molar refractivity (Wildman–Crippen MR) is 61.6 cm³/mol. The van der Waals surface area contributed by atoms with Crippen LogP contribution in [0.4, 0.5) is 0 Å². The van der Waals surface area contributed by atoms with Gasteiger partial charge in [0.1, 0.15) is 0 Å². The first-order chi connectivity index (χ1) is 5.66. The quantitative estimate of drug-likeness (QED) is 0.448. The van der Waals surface area contributed by atoms with Gasteiger partial charge in [0.05, 0.1) is 0 Å². The highest BCUT2D eigenvalue weighted by Gasteiger charge is 2.02. The zero-order valence-electron chi connectivity index (χ0n) is 7.07. The summed E-state index contributed by atoms with van der Waals surface area (Å²) in [5.74, 6) is 0.146. The highest BCUT2D eigenvalue weighted by atomic mass is 32.1. The summed E-state index contributed by atoms with van der Waals surface area (Å²) < 4.78 is 0. The number of unbranched alkanes of at least 4 members (excludes halogenated alkanes) is 1. The summed E-state index contributed by atoms with van der Waals surface area (Å²) in [6.45, 7) is 0. The Morgan fingerprint density at radius 3 is 2.58 bits per heavy atom. The fourth-order valence-electron chi connectivity index (χ4n) is 0.950. The van der Waals surface area contributed by atoms with Crippen molar-refractivity contribution in [1.29, 1.82) is 0 Å². The maximum absolute atomic E-state index is 10.1. The van der Waals surface area contributed by atoms with Crippen molar-refractivity contribution in [3.05, 3.63) is 0 Å². The monoisotopic (exact) mass is 212 g/mol. The van der Waals surface area contributed by atoms with E-state index >= 15 is 0 Å². The third kappa shape index (κ3) is 8.27. The first-order valence-electron chi connectivity index (χ1n) is 4.17. The molecule has 76 valence electrons. The van der Waals surface area contributed by atoms with Crippen molar-refractivity contribution < 1.29 is 12.8 Å². The molecule has 12 heavy (non-hydrogen) atoms. The minimum Gasteiger partial charge on any atom is -0.481 e. The van der Waals surface area contributed by atoms with E-state index in [1.54, 1.807) is 0 Å². The van der Waals surface area contributed by atoms with Crippen LogP contribution in [0.2, 0.25) is 0 Å². The Balaban J connectivity index is -0.000000605. The average Bonchev–Trinajstić information content (AvgIpc) is 1.98. The van der Waals surface area contributed by atoms with Gasteiger partial charge >= 0.3 is 5.97 Å². The highest BCUT2D eigenvalue weighted by Crippen LogP contribution is 2.12. The largest absolute Gasteiger partial charge is 0.481 e. The van der Waals surface area contributed by atoms with Crippen LogP contribution >= 0.6 is 25.3 Å². The van der Waals surface area contributed by atoms with Crippen LogP contribution in [0.15, 0.2) is 0 Å². The van der Waals surface area contributed by atoms with Gasteiger partial charge in [0, 0.05) is 14.5 Å². The van der Waals surface area contributed by atoms with Crippen molar-refractivity contribution in [2.45, 2.75) is 37.4 Å². The van der Waals surface area contributed by atoms with Crippen molar-refractivity contribution in [3.8, 4) is 0 Å². The maximum atomic E-state index is 10.1. The van der Waals surface area contributed by atoms with Crippen LogP contribution in [0.25, 0.3) is 0 Å². The SMILES string of the molecule is O=C(O)CCCCC(S)CCS.[HH].[HH]. The number of carboxylic acids is 1. The summed E-state index contributed by atoms with van der Waals surface area (Å²) in [5.41, 5.74) is 0. The van der Waals surface area contributed by atoms with Crippen molar-refractivity contribution >= 4 is 31.2 Å². The Kier molecular flexibility index (Phi) is 7.91. The highest BCUT2D eigenvalue weighted by molar-refractivity contribution is 7.81. The van der Waals surface area contributed by atoms with Gasteiger partial charge in [-0.1, -0.05) is 6.42 Å². The molecular weight excluding hydrogens is 192 g/mol. The molecule has 2 nitrogen and oxygen atoms in total. The molecule has 0 amide bonds. The van der Waals surface area contributed by atoms with E-state index in [9.17, 15) is 4.79 Å². The fourth-order valence-corrected chi connectivity index (χ4v) is 1.78. The number of hydrogen-bond donors (Lipinski definition) is 3. The molecule has 0 radical (unpaired) electrons. The summed E-state index contributed by atoms with van der Waals surface area (Å²) in [5, 5.41) is 8.74. The Hall–Kier alpha value is 0.170. The van der Waals surface area contributed by atoms with E-state index in [-0.39, 0.29) is 9.27 Å². The molecular formula is C8H20O2S2. The third-order valence-electron chi connectivity index (χ3n) is 1.64. The summed E-state index contributed by atoms with van der Waals surface area (Å²) in [6, 6.07) is 0. The summed E-state index contributed by atoms with van der Waals surface area (Å²) in [7, 11) is 0. The molecule has 0 spiro atoms. The number of rotatable bonds is 7. The van der Waals surface area contributed by atoms with Crippen LogP contribution < -0.4 is 0 Å². The van der Waals surface area contributed by atoms with Gasteiger partial charge in [0.25, 0.3) is 0 Å². The van der Waals surface area contributed by atoms with Crippen LogP contribution in [0.1, 0.15) is 35.0 Å². The minimum absolute atomic E-state index is 0. The molecule has 0 fully saturated rings. The normalized spacial score (nSPS) is 12.8. The Morgan fingerprint density at radius 1 is 1.42 bits per heavy atom. The standard InChI is InChI=1S/C8H16O2S2.2H2/c9-8(10)4-2-1-3-7(12)5-6-11;;/h7,11-12H,1-6H2,(H,9,10);2*1H. The van der Waals surface area contributed by atoms with E-state index in [1.807, 2.05) is 0 Å². The molecule has 0 saturated carbocycles. The number of thiol groups is 2. The number of carbonyl (C=O) groups is 1. The lowest BCUT2D eigenvalue weighted by molar-refractivity contribution is -0.137. The molecule has 1 N–H and O–H groups in total. The molecule has 0 bridgehead atoms. The number of carboxylic acid groups (broad SMARTS) is 1. The summed E-state index contributed by atoms with van der Waals surface area (Å²) >= 11 is 8.43. The van der Waals surface area contributed by atoms with Crippen LogP contribution in [0, 0.1) is 0 Å². The van der Waals surface area contributed by atoms with Gasteiger partial charge in [-0.3, -0.25) is 4.79 Å². The average molecular weight is 212 g/mol. The molecule has 0 aliphatic heterocycles. The topological polar surface area (TPSA) is 37.3 Å². The van der Waals surface area contributed by atoms with Crippen LogP contribution in [0.5, 0.6) is 0 Å². The van der Waals surface area contributed by atoms with E-state index in [0.717, 1.165) is 31.4 Å². The molecule has 0 aromatic heterocycles. The van der Waals surface area contributed by atoms with Gasteiger partial charge in [-0.2, -0.15) is 25.3 Å². The molecule has 0 rings (SSSR count). The number of hydrogen-bond acceptors (Lipinski definition) is 3. The van der Waals surface area contributed by atoms with E-state index in [1.165, 1.54) is 0 Å². The van der Waals surface area contributed by atoms with Gasteiger partial charge < -0.3 is 5.11 Å². The molecule has 0 aliphatic rings.